The lowest BCUT2D eigenvalue weighted by Crippen LogP contribution is -2.38. The Balaban J connectivity index is 0.00000242. The van der Waals surface area contributed by atoms with E-state index < -0.39 is 0 Å². The highest BCUT2D eigenvalue weighted by Crippen LogP contribution is 2.19. The molecule has 1 aliphatic carbocycles. The molecule has 0 bridgehead atoms. The van der Waals surface area contributed by atoms with Gasteiger partial charge in [-0.3, -0.25) is 9.67 Å². The van der Waals surface area contributed by atoms with Crippen LogP contribution in [0.3, 0.4) is 0 Å². The molecule has 6 heteroatoms. The lowest BCUT2D eigenvalue weighted by Gasteiger charge is -2.15. The summed E-state index contributed by atoms with van der Waals surface area (Å²) in [5.74, 6) is 0.885. The van der Waals surface area contributed by atoms with E-state index in [4.69, 9.17) is 0 Å². The van der Waals surface area contributed by atoms with Crippen LogP contribution in [0.25, 0.3) is 0 Å². The fourth-order valence-corrected chi connectivity index (χ4v) is 2.62. The van der Waals surface area contributed by atoms with Gasteiger partial charge in [-0.2, -0.15) is 5.10 Å². The van der Waals surface area contributed by atoms with Crippen molar-refractivity contribution in [2.24, 2.45) is 12.0 Å². The molecule has 0 aromatic carbocycles. The van der Waals surface area contributed by atoms with E-state index >= 15 is 0 Å². The molecule has 0 saturated carbocycles. The zero-order valence-electron chi connectivity index (χ0n) is 13.6. The van der Waals surface area contributed by atoms with Crippen molar-refractivity contribution < 1.29 is 0 Å². The molecule has 0 radical (unpaired) electrons. The Kier molecular flexibility index (Phi) is 9.19. The van der Waals surface area contributed by atoms with Crippen LogP contribution in [-0.2, 0) is 13.5 Å². The summed E-state index contributed by atoms with van der Waals surface area (Å²) >= 11 is 0. The molecule has 0 aliphatic heterocycles. The summed E-state index contributed by atoms with van der Waals surface area (Å²) in [6.45, 7) is 1.83. The van der Waals surface area contributed by atoms with E-state index in [1.807, 2.05) is 31.2 Å². The number of guanidine groups is 1. The summed E-state index contributed by atoms with van der Waals surface area (Å²) in [5.41, 5.74) is 2.84. The Bertz CT molecular complexity index is 492. The van der Waals surface area contributed by atoms with Crippen LogP contribution in [0.1, 0.15) is 37.7 Å². The fourth-order valence-electron chi connectivity index (χ4n) is 2.62. The summed E-state index contributed by atoms with van der Waals surface area (Å²) in [5, 5.41) is 10.9. The number of nitrogens with zero attached hydrogens (tertiary/aromatic N) is 3. The van der Waals surface area contributed by atoms with Crippen molar-refractivity contribution in [3.05, 3.63) is 29.6 Å². The minimum absolute atomic E-state index is 0. The van der Waals surface area contributed by atoms with Crippen LogP contribution in [0, 0.1) is 0 Å². The third-order valence-electron chi connectivity index (χ3n) is 3.81. The highest BCUT2D eigenvalue weighted by atomic mass is 127. The normalized spacial score (nSPS) is 15.0. The van der Waals surface area contributed by atoms with Gasteiger partial charge in [0.15, 0.2) is 5.96 Å². The average molecular weight is 417 g/mol. The van der Waals surface area contributed by atoms with Gasteiger partial charge in [-0.1, -0.05) is 11.6 Å². The molecular formula is C16H28IN5. The van der Waals surface area contributed by atoms with E-state index in [-0.39, 0.29) is 24.0 Å². The minimum Gasteiger partial charge on any atom is -0.356 e. The van der Waals surface area contributed by atoms with Gasteiger partial charge in [0.05, 0.1) is 6.20 Å². The highest BCUT2D eigenvalue weighted by Gasteiger charge is 2.04. The maximum absolute atomic E-state index is 4.26. The molecule has 1 aromatic rings. The van der Waals surface area contributed by atoms with E-state index in [2.05, 4.69) is 26.8 Å². The van der Waals surface area contributed by atoms with Crippen molar-refractivity contribution in [1.82, 2.24) is 20.4 Å². The van der Waals surface area contributed by atoms with Gasteiger partial charge in [0.1, 0.15) is 0 Å². The van der Waals surface area contributed by atoms with Gasteiger partial charge in [-0.25, -0.2) is 0 Å². The van der Waals surface area contributed by atoms with Crippen LogP contribution in [0.15, 0.2) is 29.0 Å². The van der Waals surface area contributed by atoms with Crippen LogP contribution in [-0.4, -0.2) is 35.9 Å². The van der Waals surface area contributed by atoms with Gasteiger partial charge in [0, 0.05) is 33.4 Å². The molecule has 2 rings (SSSR count). The molecule has 2 N–H and O–H groups in total. The SMILES string of the molecule is CN=C(NCCC1=CCCCC1)NCCc1cnn(C)c1.I. The first-order chi connectivity index (χ1) is 10.3. The average Bonchev–Trinajstić information content (AvgIpc) is 2.92. The van der Waals surface area contributed by atoms with Crippen LogP contribution >= 0.6 is 24.0 Å². The fraction of sp³-hybridized carbons (Fsp3) is 0.625. The maximum Gasteiger partial charge on any atom is 0.190 e. The summed E-state index contributed by atoms with van der Waals surface area (Å²) in [4.78, 5) is 4.26. The number of hydrogen-bond donors (Lipinski definition) is 2. The van der Waals surface area contributed by atoms with Gasteiger partial charge in [-0.05, 0) is 44.1 Å². The van der Waals surface area contributed by atoms with Crippen LogP contribution in [0.4, 0.5) is 0 Å². The van der Waals surface area contributed by atoms with Crippen LogP contribution in [0.5, 0.6) is 0 Å². The number of aromatic nitrogens is 2. The first kappa shape index (κ1) is 19.0. The van der Waals surface area contributed by atoms with Gasteiger partial charge in [0.2, 0.25) is 0 Å². The summed E-state index contributed by atoms with van der Waals surface area (Å²) in [6, 6.07) is 0. The number of hydrogen-bond acceptors (Lipinski definition) is 2. The topological polar surface area (TPSA) is 54.2 Å². The molecule has 0 atom stereocenters. The number of aliphatic imine (C=N–C) groups is 1. The predicted molar refractivity (Wildman–Crippen MR) is 103 cm³/mol. The van der Waals surface area contributed by atoms with E-state index in [0.29, 0.717) is 0 Å². The Morgan fingerprint density at radius 2 is 2.05 bits per heavy atom. The second-order valence-electron chi connectivity index (χ2n) is 5.56. The molecule has 0 fully saturated rings. The number of aryl methyl sites for hydroxylation is 1. The summed E-state index contributed by atoms with van der Waals surface area (Å²) < 4.78 is 1.83. The number of nitrogens with one attached hydrogen (secondary N) is 2. The third kappa shape index (κ3) is 6.81. The predicted octanol–water partition coefficient (Wildman–Crippen LogP) is 2.64. The zero-order valence-corrected chi connectivity index (χ0v) is 16.0. The first-order valence-corrected chi connectivity index (χ1v) is 7.88. The number of rotatable bonds is 6. The standard InChI is InChI=1S/C16H27N5.HI/c1-17-16(18-10-8-14-6-4-3-5-7-14)19-11-9-15-12-20-21(2)13-15;/h6,12-13H,3-5,7-11H2,1-2H3,(H2,17,18,19);1H. The summed E-state index contributed by atoms with van der Waals surface area (Å²) in [6.07, 6.45) is 13.7. The smallest absolute Gasteiger partial charge is 0.190 e. The quantitative estimate of drug-likeness (QED) is 0.324. The Labute approximate surface area is 150 Å². The second kappa shape index (κ2) is 10.6. The monoisotopic (exact) mass is 417 g/mol. The van der Waals surface area contributed by atoms with Crippen molar-refractivity contribution in [2.75, 3.05) is 20.1 Å². The van der Waals surface area contributed by atoms with Crippen molar-refractivity contribution >= 4 is 29.9 Å². The van der Waals surface area contributed by atoms with Gasteiger partial charge < -0.3 is 10.6 Å². The van der Waals surface area contributed by atoms with Crippen LogP contribution < -0.4 is 10.6 Å². The largest absolute Gasteiger partial charge is 0.356 e. The van der Waals surface area contributed by atoms with Crippen LogP contribution in [0.2, 0.25) is 0 Å². The van der Waals surface area contributed by atoms with E-state index in [1.54, 1.807) is 5.57 Å². The van der Waals surface area contributed by atoms with Crippen molar-refractivity contribution in [1.29, 1.82) is 0 Å². The molecule has 1 heterocycles. The minimum atomic E-state index is 0. The number of halogens is 1. The Morgan fingerprint density at radius 1 is 1.27 bits per heavy atom. The third-order valence-corrected chi connectivity index (χ3v) is 3.81. The molecule has 124 valence electrons. The molecule has 1 aromatic heterocycles. The highest BCUT2D eigenvalue weighted by molar-refractivity contribution is 14.0. The first-order valence-electron chi connectivity index (χ1n) is 7.88. The zero-order chi connectivity index (χ0) is 14.9. The maximum atomic E-state index is 4.26. The van der Waals surface area contributed by atoms with E-state index in [0.717, 1.165) is 31.9 Å². The van der Waals surface area contributed by atoms with Gasteiger partial charge in [-0.15, -0.1) is 24.0 Å². The molecule has 0 unspecified atom stereocenters. The molecular weight excluding hydrogens is 389 g/mol. The molecule has 1 aliphatic rings. The van der Waals surface area contributed by atoms with Gasteiger partial charge in [0.25, 0.3) is 0 Å². The molecule has 5 nitrogen and oxygen atoms in total. The van der Waals surface area contributed by atoms with Gasteiger partial charge >= 0.3 is 0 Å². The lowest BCUT2D eigenvalue weighted by atomic mass is 9.97. The molecule has 0 amide bonds. The Hall–Kier alpha value is -1.05. The second-order valence-corrected chi connectivity index (χ2v) is 5.56. The van der Waals surface area contributed by atoms with Crippen molar-refractivity contribution in [2.45, 2.75) is 38.5 Å². The molecule has 22 heavy (non-hydrogen) atoms. The molecule has 0 saturated heterocycles. The van der Waals surface area contributed by atoms with E-state index in [1.165, 1.54) is 31.2 Å². The Morgan fingerprint density at radius 3 is 2.64 bits per heavy atom. The van der Waals surface area contributed by atoms with E-state index in [9.17, 15) is 0 Å². The summed E-state index contributed by atoms with van der Waals surface area (Å²) in [7, 11) is 3.76. The van der Waals surface area contributed by atoms with Crippen molar-refractivity contribution in [3.8, 4) is 0 Å². The van der Waals surface area contributed by atoms with Crippen molar-refractivity contribution in [3.63, 3.8) is 0 Å². The molecule has 0 spiro atoms. The lowest BCUT2D eigenvalue weighted by molar-refractivity contribution is 0.665. The number of allylic oxidation sites excluding steroid dienone is 1.